The highest BCUT2D eigenvalue weighted by molar-refractivity contribution is 5.34. The van der Waals surface area contributed by atoms with Crippen LogP contribution in [-0.2, 0) is 0 Å². The Kier molecular flexibility index (Phi) is 3.44. The van der Waals surface area contributed by atoms with E-state index in [2.05, 4.69) is 12.6 Å². The predicted molar refractivity (Wildman–Crippen MR) is 57.5 cm³/mol. The second-order valence-corrected chi connectivity index (χ2v) is 3.50. The minimum absolute atomic E-state index is 0.0548. The molecule has 2 heteroatoms. The van der Waals surface area contributed by atoms with E-state index in [1.54, 1.807) is 6.07 Å². The smallest absolute Gasteiger partial charge is 0.0991 e. The molecule has 0 saturated carbocycles. The van der Waals surface area contributed by atoms with E-state index in [1.807, 2.05) is 25.1 Å². The highest BCUT2D eigenvalue weighted by atomic mass is 14.6. The molecular weight excluding hydrogens is 172 g/mol. The van der Waals surface area contributed by atoms with Crippen LogP contribution in [0.3, 0.4) is 0 Å². The fourth-order valence-corrected chi connectivity index (χ4v) is 1.33. The van der Waals surface area contributed by atoms with Crippen molar-refractivity contribution in [2.24, 2.45) is 5.73 Å². The normalized spacial score (nSPS) is 11.8. The van der Waals surface area contributed by atoms with Crippen LogP contribution in [0.5, 0.6) is 0 Å². The number of hydrogen-bond donors (Lipinski definition) is 1. The summed E-state index contributed by atoms with van der Waals surface area (Å²) in [5.74, 6) is 0. The standard InChI is InChI=1S/C12H14N2/c1-9(2)6-12(14)11-5-3-4-10(7-11)8-13/h3-5,7,12H,1,6,14H2,2H3/t12-/m1/s1. The monoisotopic (exact) mass is 186 g/mol. The van der Waals surface area contributed by atoms with Gasteiger partial charge in [-0.3, -0.25) is 0 Å². The molecule has 0 aromatic heterocycles. The maximum atomic E-state index is 8.72. The third-order valence-corrected chi connectivity index (χ3v) is 2.01. The third-order valence-electron chi connectivity index (χ3n) is 2.01. The first-order valence-corrected chi connectivity index (χ1v) is 4.53. The fourth-order valence-electron chi connectivity index (χ4n) is 1.33. The lowest BCUT2D eigenvalue weighted by atomic mass is 10.00. The molecular formula is C12H14N2. The van der Waals surface area contributed by atoms with Gasteiger partial charge in [0, 0.05) is 6.04 Å². The molecule has 0 aliphatic rings. The molecule has 0 aliphatic carbocycles. The molecule has 0 aliphatic heterocycles. The zero-order valence-electron chi connectivity index (χ0n) is 8.33. The van der Waals surface area contributed by atoms with E-state index >= 15 is 0 Å². The van der Waals surface area contributed by atoms with Crippen LogP contribution in [0.2, 0.25) is 0 Å². The molecule has 1 rings (SSSR count). The minimum Gasteiger partial charge on any atom is -0.324 e. The number of benzene rings is 1. The Bertz CT molecular complexity index is 374. The second kappa shape index (κ2) is 4.59. The van der Waals surface area contributed by atoms with Gasteiger partial charge in [0.15, 0.2) is 0 Å². The van der Waals surface area contributed by atoms with E-state index in [1.165, 1.54) is 0 Å². The van der Waals surface area contributed by atoms with Crippen molar-refractivity contribution in [2.45, 2.75) is 19.4 Å². The molecule has 0 saturated heterocycles. The average molecular weight is 186 g/mol. The van der Waals surface area contributed by atoms with Gasteiger partial charge in [-0.25, -0.2) is 0 Å². The van der Waals surface area contributed by atoms with Gasteiger partial charge in [0.25, 0.3) is 0 Å². The summed E-state index contributed by atoms with van der Waals surface area (Å²) in [6.45, 7) is 5.77. The van der Waals surface area contributed by atoms with Gasteiger partial charge in [0.2, 0.25) is 0 Å². The van der Waals surface area contributed by atoms with Gasteiger partial charge in [0.05, 0.1) is 11.6 Å². The summed E-state index contributed by atoms with van der Waals surface area (Å²) in [4.78, 5) is 0. The molecule has 0 spiro atoms. The number of hydrogen-bond acceptors (Lipinski definition) is 2. The van der Waals surface area contributed by atoms with Gasteiger partial charge in [0.1, 0.15) is 0 Å². The van der Waals surface area contributed by atoms with Gasteiger partial charge >= 0.3 is 0 Å². The van der Waals surface area contributed by atoms with Crippen molar-refractivity contribution in [1.29, 1.82) is 5.26 Å². The van der Waals surface area contributed by atoms with E-state index in [0.717, 1.165) is 17.6 Å². The topological polar surface area (TPSA) is 49.8 Å². The zero-order chi connectivity index (χ0) is 10.6. The molecule has 0 bridgehead atoms. The number of nitrogens with zero attached hydrogens (tertiary/aromatic N) is 1. The molecule has 0 amide bonds. The molecule has 1 aromatic rings. The fraction of sp³-hybridized carbons (Fsp3) is 0.250. The van der Waals surface area contributed by atoms with E-state index in [-0.39, 0.29) is 6.04 Å². The van der Waals surface area contributed by atoms with Crippen LogP contribution < -0.4 is 5.73 Å². The minimum atomic E-state index is -0.0548. The summed E-state index contributed by atoms with van der Waals surface area (Å²) in [6.07, 6.45) is 0.759. The van der Waals surface area contributed by atoms with Crippen LogP contribution in [0, 0.1) is 11.3 Å². The number of nitrogens with two attached hydrogens (primary N) is 1. The van der Waals surface area contributed by atoms with Crippen molar-refractivity contribution in [2.75, 3.05) is 0 Å². The maximum Gasteiger partial charge on any atom is 0.0991 e. The van der Waals surface area contributed by atoms with Crippen molar-refractivity contribution in [3.63, 3.8) is 0 Å². The Hall–Kier alpha value is -1.59. The van der Waals surface area contributed by atoms with Gasteiger partial charge in [-0.05, 0) is 31.0 Å². The molecule has 1 aromatic carbocycles. The first kappa shape index (κ1) is 10.5. The Labute approximate surface area is 84.7 Å². The third kappa shape index (κ3) is 2.72. The Balaban J connectivity index is 2.85. The molecule has 0 heterocycles. The Morgan fingerprint density at radius 3 is 2.93 bits per heavy atom. The van der Waals surface area contributed by atoms with Gasteiger partial charge < -0.3 is 5.73 Å². The summed E-state index contributed by atoms with van der Waals surface area (Å²) in [6, 6.07) is 9.44. The first-order valence-electron chi connectivity index (χ1n) is 4.53. The molecule has 1 atom stereocenters. The van der Waals surface area contributed by atoms with Crippen molar-refractivity contribution in [1.82, 2.24) is 0 Å². The van der Waals surface area contributed by atoms with Gasteiger partial charge in [-0.2, -0.15) is 5.26 Å². The van der Waals surface area contributed by atoms with E-state index in [9.17, 15) is 0 Å². The summed E-state index contributed by atoms with van der Waals surface area (Å²) >= 11 is 0. The van der Waals surface area contributed by atoms with E-state index in [0.29, 0.717) is 5.56 Å². The quantitative estimate of drug-likeness (QED) is 0.737. The lowest BCUT2D eigenvalue weighted by Crippen LogP contribution is -2.10. The van der Waals surface area contributed by atoms with Crippen LogP contribution in [-0.4, -0.2) is 0 Å². The number of rotatable bonds is 3. The highest BCUT2D eigenvalue weighted by Crippen LogP contribution is 2.18. The van der Waals surface area contributed by atoms with E-state index < -0.39 is 0 Å². The molecule has 0 fully saturated rings. The average Bonchev–Trinajstić information content (AvgIpc) is 2.17. The van der Waals surface area contributed by atoms with Crippen LogP contribution >= 0.6 is 0 Å². The van der Waals surface area contributed by atoms with E-state index in [4.69, 9.17) is 11.0 Å². The molecule has 0 unspecified atom stereocenters. The Morgan fingerprint density at radius 2 is 2.36 bits per heavy atom. The summed E-state index contributed by atoms with van der Waals surface area (Å²) in [5, 5.41) is 8.72. The van der Waals surface area contributed by atoms with Crippen molar-refractivity contribution in [3.8, 4) is 6.07 Å². The summed E-state index contributed by atoms with van der Waals surface area (Å²) < 4.78 is 0. The van der Waals surface area contributed by atoms with Crippen LogP contribution in [0.15, 0.2) is 36.4 Å². The summed E-state index contributed by atoms with van der Waals surface area (Å²) in [7, 11) is 0. The van der Waals surface area contributed by atoms with Gasteiger partial charge in [-0.1, -0.05) is 17.7 Å². The number of nitriles is 1. The second-order valence-electron chi connectivity index (χ2n) is 3.50. The van der Waals surface area contributed by atoms with Crippen LogP contribution in [0.4, 0.5) is 0 Å². The molecule has 14 heavy (non-hydrogen) atoms. The maximum absolute atomic E-state index is 8.72. The zero-order valence-corrected chi connectivity index (χ0v) is 8.33. The van der Waals surface area contributed by atoms with Crippen molar-refractivity contribution < 1.29 is 0 Å². The molecule has 2 N–H and O–H groups in total. The molecule has 72 valence electrons. The largest absolute Gasteiger partial charge is 0.324 e. The predicted octanol–water partition coefficient (Wildman–Crippen LogP) is 2.52. The SMILES string of the molecule is C=C(C)C[C@@H](N)c1cccc(C#N)c1. The lowest BCUT2D eigenvalue weighted by Gasteiger charge is -2.11. The molecule has 0 radical (unpaired) electrons. The Morgan fingerprint density at radius 1 is 1.64 bits per heavy atom. The van der Waals surface area contributed by atoms with Crippen molar-refractivity contribution in [3.05, 3.63) is 47.5 Å². The highest BCUT2D eigenvalue weighted by Gasteiger charge is 2.06. The first-order chi connectivity index (χ1) is 6.63. The molecule has 2 nitrogen and oxygen atoms in total. The van der Waals surface area contributed by atoms with Gasteiger partial charge in [-0.15, -0.1) is 6.58 Å². The van der Waals surface area contributed by atoms with Crippen molar-refractivity contribution >= 4 is 0 Å². The summed E-state index contributed by atoms with van der Waals surface area (Å²) in [5.41, 5.74) is 8.65. The van der Waals surface area contributed by atoms with Crippen LogP contribution in [0.25, 0.3) is 0 Å². The van der Waals surface area contributed by atoms with Crippen LogP contribution in [0.1, 0.15) is 30.5 Å². The lowest BCUT2D eigenvalue weighted by molar-refractivity contribution is 0.717.